The van der Waals surface area contributed by atoms with E-state index in [0.29, 0.717) is 0 Å². The van der Waals surface area contributed by atoms with Crippen LogP contribution in [0.1, 0.15) is 11.3 Å². The van der Waals surface area contributed by atoms with E-state index < -0.39 is 0 Å². The highest BCUT2D eigenvalue weighted by Gasteiger charge is 2.10. The first-order valence-corrected chi connectivity index (χ1v) is 7.01. The normalized spacial score (nSPS) is 10.8. The zero-order chi connectivity index (χ0) is 15.0. The summed E-state index contributed by atoms with van der Waals surface area (Å²) >= 11 is 0. The molecule has 0 spiro atoms. The fraction of sp³-hybridized carbons (Fsp3) is 0.167. The van der Waals surface area contributed by atoms with E-state index >= 15 is 0 Å². The average Bonchev–Trinajstić information content (AvgIpc) is 2.47. The highest BCUT2D eigenvalue weighted by Crippen LogP contribution is 2.34. The molecule has 0 radical (unpaired) electrons. The van der Waals surface area contributed by atoms with Crippen molar-refractivity contribution in [1.29, 1.82) is 0 Å². The second kappa shape index (κ2) is 5.09. The van der Waals surface area contributed by atoms with Gasteiger partial charge in [-0.2, -0.15) is 0 Å². The van der Waals surface area contributed by atoms with Gasteiger partial charge in [0, 0.05) is 46.8 Å². The Morgan fingerprint density at radius 1 is 1.00 bits per heavy atom. The molecule has 0 atom stereocenters. The van der Waals surface area contributed by atoms with E-state index in [1.54, 1.807) is 0 Å². The topological polar surface area (TPSA) is 42.1 Å². The predicted octanol–water partition coefficient (Wildman–Crippen LogP) is 4.20. The number of pyridine rings is 1. The Bertz CT molecular complexity index is 809. The Morgan fingerprint density at radius 2 is 1.81 bits per heavy atom. The van der Waals surface area contributed by atoms with Crippen LogP contribution in [0.3, 0.4) is 0 Å². The molecule has 3 rings (SSSR count). The Morgan fingerprint density at radius 3 is 2.57 bits per heavy atom. The van der Waals surface area contributed by atoms with E-state index in [1.165, 1.54) is 5.56 Å². The lowest BCUT2D eigenvalue weighted by molar-refractivity contribution is 1.20. The van der Waals surface area contributed by atoms with Crippen molar-refractivity contribution in [3.63, 3.8) is 0 Å². The van der Waals surface area contributed by atoms with Gasteiger partial charge in [0.25, 0.3) is 0 Å². The minimum atomic E-state index is 0.763. The number of hydrogen-bond acceptors (Lipinski definition) is 3. The van der Waals surface area contributed by atoms with Crippen LogP contribution in [0.5, 0.6) is 0 Å². The molecule has 0 aliphatic carbocycles. The molecule has 0 aliphatic heterocycles. The van der Waals surface area contributed by atoms with E-state index in [0.717, 1.165) is 33.5 Å². The molecule has 3 aromatic rings. The molecule has 3 nitrogen and oxygen atoms in total. The molecule has 0 fully saturated rings. The largest absolute Gasteiger partial charge is 0.398 e. The van der Waals surface area contributed by atoms with Crippen LogP contribution in [0.25, 0.3) is 10.8 Å². The van der Waals surface area contributed by atoms with Crippen LogP contribution in [0, 0.1) is 13.8 Å². The SMILES string of the molecule is Cc1cccc(N(C)c2ccc(N)c3cnc(C)cc23)c1. The Hall–Kier alpha value is -2.55. The standard InChI is InChI=1S/C18H19N3/c1-12-5-4-6-14(9-12)21(3)18-8-7-17(19)16-11-20-13(2)10-15(16)18/h4-11H,19H2,1-3H3. The summed E-state index contributed by atoms with van der Waals surface area (Å²) in [5, 5.41) is 2.13. The first-order valence-electron chi connectivity index (χ1n) is 7.01. The monoisotopic (exact) mass is 277 g/mol. The molecule has 0 saturated carbocycles. The number of anilines is 3. The molecule has 2 N–H and O–H groups in total. The van der Waals surface area contributed by atoms with E-state index in [9.17, 15) is 0 Å². The summed E-state index contributed by atoms with van der Waals surface area (Å²) in [6.07, 6.45) is 1.85. The minimum Gasteiger partial charge on any atom is -0.398 e. The second-order valence-corrected chi connectivity index (χ2v) is 5.44. The number of aryl methyl sites for hydroxylation is 2. The second-order valence-electron chi connectivity index (χ2n) is 5.44. The van der Waals surface area contributed by atoms with Crippen LogP contribution in [0.2, 0.25) is 0 Å². The third-order valence-corrected chi connectivity index (χ3v) is 3.80. The molecule has 21 heavy (non-hydrogen) atoms. The van der Waals surface area contributed by atoms with Crippen molar-refractivity contribution in [3.8, 4) is 0 Å². The van der Waals surface area contributed by atoms with Crippen LogP contribution in [0.15, 0.2) is 48.7 Å². The summed E-state index contributed by atoms with van der Waals surface area (Å²) in [4.78, 5) is 6.55. The van der Waals surface area contributed by atoms with Gasteiger partial charge in [-0.25, -0.2) is 0 Å². The van der Waals surface area contributed by atoms with Crippen molar-refractivity contribution in [3.05, 3.63) is 59.9 Å². The van der Waals surface area contributed by atoms with Crippen molar-refractivity contribution in [1.82, 2.24) is 4.98 Å². The van der Waals surface area contributed by atoms with Gasteiger partial charge in [0.2, 0.25) is 0 Å². The van der Waals surface area contributed by atoms with Crippen molar-refractivity contribution in [2.75, 3.05) is 17.7 Å². The molecule has 0 saturated heterocycles. The maximum atomic E-state index is 6.08. The van der Waals surface area contributed by atoms with Crippen LogP contribution >= 0.6 is 0 Å². The number of aromatic nitrogens is 1. The molecule has 1 aromatic heterocycles. The Kier molecular flexibility index (Phi) is 3.26. The van der Waals surface area contributed by atoms with Gasteiger partial charge in [0.05, 0.1) is 0 Å². The van der Waals surface area contributed by atoms with Gasteiger partial charge in [-0.1, -0.05) is 12.1 Å². The van der Waals surface area contributed by atoms with Gasteiger partial charge in [0.15, 0.2) is 0 Å². The summed E-state index contributed by atoms with van der Waals surface area (Å²) in [5.41, 5.74) is 11.4. The molecule has 3 heteroatoms. The molecular weight excluding hydrogens is 258 g/mol. The lowest BCUT2D eigenvalue weighted by Gasteiger charge is -2.22. The number of nitrogens with zero attached hydrogens (tertiary/aromatic N) is 2. The summed E-state index contributed by atoms with van der Waals surface area (Å²) in [6.45, 7) is 4.10. The van der Waals surface area contributed by atoms with Crippen molar-refractivity contribution < 1.29 is 0 Å². The van der Waals surface area contributed by atoms with Gasteiger partial charge >= 0.3 is 0 Å². The van der Waals surface area contributed by atoms with Gasteiger partial charge < -0.3 is 10.6 Å². The summed E-state index contributed by atoms with van der Waals surface area (Å²) in [7, 11) is 2.08. The van der Waals surface area contributed by atoms with Gasteiger partial charge in [0.1, 0.15) is 0 Å². The van der Waals surface area contributed by atoms with Gasteiger partial charge in [-0.15, -0.1) is 0 Å². The average molecular weight is 277 g/mol. The Balaban J connectivity index is 2.20. The number of rotatable bonds is 2. The van der Waals surface area contributed by atoms with Crippen molar-refractivity contribution in [2.45, 2.75) is 13.8 Å². The number of nitrogens with two attached hydrogens (primary N) is 1. The van der Waals surface area contributed by atoms with Gasteiger partial charge in [-0.3, -0.25) is 4.98 Å². The van der Waals surface area contributed by atoms with Crippen LogP contribution < -0.4 is 10.6 Å². The first kappa shape index (κ1) is 13.4. The smallest absolute Gasteiger partial charge is 0.0490 e. The summed E-state index contributed by atoms with van der Waals surface area (Å²) in [5.74, 6) is 0. The predicted molar refractivity (Wildman–Crippen MR) is 90.1 cm³/mol. The zero-order valence-corrected chi connectivity index (χ0v) is 12.6. The number of nitrogen functional groups attached to an aromatic ring is 1. The van der Waals surface area contributed by atoms with Crippen molar-refractivity contribution in [2.24, 2.45) is 0 Å². The molecule has 0 unspecified atom stereocenters. The number of benzene rings is 2. The molecule has 1 heterocycles. The lowest BCUT2D eigenvalue weighted by atomic mass is 10.1. The quantitative estimate of drug-likeness (QED) is 0.714. The molecule has 0 amide bonds. The third-order valence-electron chi connectivity index (χ3n) is 3.80. The zero-order valence-electron chi connectivity index (χ0n) is 12.6. The maximum absolute atomic E-state index is 6.08. The minimum absolute atomic E-state index is 0.763. The van der Waals surface area contributed by atoms with E-state index in [4.69, 9.17) is 5.73 Å². The van der Waals surface area contributed by atoms with Crippen molar-refractivity contribution >= 4 is 27.8 Å². The van der Waals surface area contributed by atoms with Gasteiger partial charge in [-0.05, 0) is 49.7 Å². The van der Waals surface area contributed by atoms with Crippen LogP contribution in [-0.2, 0) is 0 Å². The first-order chi connectivity index (χ1) is 10.1. The van der Waals surface area contributed by atoms with E-state index in [1.807, 2.05) is 19.2 Å². The fourth-order valence-corrected chi connectivity index (χ4v) is 2.62. The van der Waals surface area contributed by atoms with Crippen LogP contribution in [0.4, 0.5) is 17.1 Å². The molecule has 0 aliphatic rings. The maximum Gasteiger partial charge on any atom is 0.0490 e. The van der Waals surface area contributed by atoms with Crippen LogP contribution in [-0.4, -0.2) is 12.0 Å². The molecule has 2 aromatic carbocycles. The highest BCUT2D eigenvalue weighted by molar-refractivity contribution is 6.02. The molecular formula is C18H19N3. The fourth-order valence-electron chi connectivity index (χ4n) is 2.62. The Labute approximate surface area is 125 Å². The van der Waals surface area contributed by atoms with E-state index in [2.05, 4.69) is 60.3 Å². The highest BCUT2D eigenvalue weighted by atomic mass is 15.1. The van der Waals surface area contributed by atoms with E-state index in [-0.39, 0.29) is 0 Å². The molecule has 106 valence electrons. The molecule has 0 bridgehead atoms. The number of hydrogen-bond donors (Lipinski definition) is 1. The number of fused-ring (bicyclic) bond motifs is 1. The third kappa shape index (κ3) is 2.42. The summed E-state index contributed by atoms with van der Waals surface area (Å²) < 4.78 is 0. The summed E-state index contributed by atoms with van der Waals surface area (Å²) in [6, 6.07) is 14.6. The lowest BCUT2D eigenvalue weighted by Crippen LogP contribution is -2.10.